The van der Waals surface area contributed by atoms with Crippen molar-refractivity contribution >= 4 is 23.3 Å². The van der Waals surface area contributed by atoms with Crippen LogP contribution in [0.5, 0.6) is 5.75 Å². The third-order valence-corrected chi connectivity index (χ3v) is 7.21. The third-order valence-electron chi connectivity index (χ3n) is 7.21. The number of hydrogen-bond donors (Lipinski definition) is 2. The molecule has 1 aliphatic carbocycles. The van der Waals surface area contributed by atoms with Gasteiger partial charge in [-0.1, -0.05) is 30.3 Å². The van der Waals surface area contributed by atoms with Crippen molar-refractivity contribution < 1.29 is 23.8 Å². The number of ether oxygens (including phenoxy) is 1. The van der Waals surface area contributed by atoms with E-state index in [4.69, 9.17) is 16.4 Å². The van der Waals surface area contributed by atoms with Crippen LogP contribution in [0.3, 0.4) is 0 Å². The van der Waals surface area contributed by atoms with Crippen molar-refractivity contribution in [2.75, 3.05) is 11.9 Å². The fourth-order valence-electron chi connectivity index (χ4n) is 5.19. The van der Waals surface area contributed by atoms with Gasteiger partial charge in [0.2, 0.25) is 5.91 Å². The summed E-state index contributed by atoms with van der Waals surface area (Å²) < 4.78 is 19.3. The van der Waals surface area contributed by atoms with Crippen LogP contribution in [0.25, 0.3) is 16.0 Å². The first-order chi connectivity index (χ1) is 17.4. The van der Waals surface area contributed by atoms with Crippen molar-refractivity contribution in [3.8, 4) is 16.9 Å². The Kier molecular flexibility index (Phi) is 6.19. The Bertz CT molecular complexity index is 1380. The Morgan fingerprint density at radius 2 is 1.89 bits per heavy atom. The summed E-state index contributed by atoms with van der Waals surface area (Å²) in [6.07, 6.45) is 2.39. The lowest BCUT2D eigenvalue weighted by molar-refractivity contribution is -0.137. The van der Waals surface area contributed by atoms with E-state index >= 15 is 0 Å². The number of halogens is 1. The average Bonchev–Trinajstić information content (AvgIpc) is 3.60. The number of carbonyl (C=O) groups excluding carboxylic acids is 1. The first-order valence-corrected chi connectivity index (χ1v) is 12.0. The van der Waals surface area contributed by atoms with Gasteiger partial charge in [0.25, 0.3) is 0 Å². The molecule has 182 valence electrons. The van der Waals surface area contributed by atoms with E-state index in [9.17, 15) is 14.0 Å². The van der Waals surface area contributed by atoms with Crippen molar-refractivity contribution in [2.45, 2.75) is 37.5 Å². The largest absolute Gasteiger partial charge is 0.493 e. The SMILES string of the molecule is [C-]#[N+]c1ccc(CCCC(=O)O)c(NC(=O)[C@@H]2C[C@]23CCOc2ccc(-c4ccc(F)cc4)cc23)c1. The summed E-state index contributed by atoms with van der Waals surface area (Å²) in [6.45, 7) is 7.85. The number of nitrogens with one attached hydrogen (secondary N) is 1. The van der Waals surface area contributed by atoms with Gasteiger partial charge in [0.15, 0.2) is 5.69 Å². The van der Waals surface area contributed by atoms with Crippen LogP contribution in [-0.4, -0.2) is 23.6 Å². The number of amides is 1. The Morgan fingerprint density at radius 3 is 2.64 bits per heavy atom. The van der Waals surface area contributed by atoms with Gasteiger partial charge >= 0.3 is 5.97 Å². The van der Waals surface area contributed by atoms with Gasteiger partial charge in [-0.15, -0.1) is 0 Å². The minimum Gasteiger partial charge on any atom is -0.493 e. The van der Waals surface area contributed by atoms with Crippen molar-refractivity contribution in [1.29, 1.82) is 0 Å². The molecule has 0 aromatic heterocycles. The summed E-state index contributed by atoms with van der Waals surface area (Å²) in [6, 6.07) is 17.4. The van der Waals surface area contributed by atoms with Crippen molar-refractivity contribution in [3.63, 3.8) is 0 Å². The Balaban J connectivity index is 1.39. The number of carbonyl (C=O) groups is 2. The van der Waals surface area contributed by atoms with Crippen molar-refractivity contribution in [1.82, 2.24) is 0 Å². The highest BCUT2D eigenvalue weighted by Crippen LogP contribution is 2.61. The normalized spacial score (nSPS) is 19.6. The van der Waals surface area contributed by atoms with E-state index in [1.165, 1.54) is 12.1 Å². The molecule has 2 N–H and O–H groups in total. The Labute approximate surface area is 208 Å². The predicted octanol–water partition coefficient (Wildman–Crippen LogP) is 6.13. The topological polar surface area (TPSA) is 80.0 Å². The van der Waals surface area contributed by atoms with Gasteiger partial charge in [0.05, 0.1) is 13.2 Å². The molecule has 1 fully saturated rings. The lowest BCUT2D eigenvalue weighted by Gasteiger charge is -2.27. The summed E-state index contributed by atoms with van der Waals surface area (Å²) >= 11 is 0. The predicted molar refractivity (Wildman–Crippen MR) is 134 cm³/mol. The molecule has 5 rings (SSSR count). The monoisotopic (exact) mass is 484 g/mol. The minimum absolute atomic E-state index is 0.0386. The number of rotatable bonds is 7. The highest BCUT2D eigenvalue weighted by atomic mass is 19.1. The van der Waals surface area contributed by atoms with Gasteiger partial charge < -0.3 is 15.2 Å². The molecule has 1 spiro atoms. The van der Waals surface area contributed by atoms with Gasteiger partial charge in [-0.3, -0.25) is 9.59 Å². The molecule has 1 heterocycles. The Hall–Kier alpha value is -4.18. The van der Waals surface area contributed by atoms with E-state index in [2.05, 4.69) is 10.2 Å². The highest BCUT2D eigenvalue weighted by molar-refractivity contribution is 5.97. The average molecular weight is 485 g/mol. The minimum atomic E-state index is -0.864. The van der Waals surface area contributed by atoms with Crippen LogP contribution >= 0.6 is 0 Å². The first kappa shape index (κ1) is 23.6. The summed E-state index contributed by atoms with van der Waals surface area (Å²) in [5.74, 6) is -0.743. The lowest BCUT2D eigenvalue weighted by atomic mass is 9.85. The number of carboxylic acid groups (broad SMARTS) is 1. The summed E-state index contributed by atoms with van der Waals surface area (Å²) in [7, 11) is 0. The van der Waals surface area contributed by atoms with Crippen LogP contribution in [0.2, 0.25) is 0 Å². The Morgan fingerprint density at radius 1 is 1.11 bits per heavy atom. The van der Waals surface area contributed by atoms with Crippen LogP contribution in [0.1, 0.15) is 36.8 Å². The summed E-state index contributed by atoms with van der Waals surface area (Å²) in [5.41, 5.74) is 4.30. The number of nitrogens with zero attached hydrogens (tertiary/aromatic N) is 1. The number of carboxylic acids is 1. The van der Waals surface area contributed by atoms with Crippen LogP contribution in [0, 0.1) is 18.3 Å². The molecule has 0 unspecified atom stereocenters. The zero-order valence-corrected chi connectivity index (χ0v) is 19.6. The molecule has 3 aromatic carbocycles. The van der Waals surface area contributed by atoms with E-state index in [0.29, 0.717) is 37.2 Å². The van der Waals surface area contributed by atoms with Gasteiger partial charge in [0.1, 0.15) is 11.6 Å². The van der Waals surface area contributed by atoms with Gasteiger partial charge in [-0.25, -0.2) is 9.24 Å². The molecule has 3 aromatic rings. The van der Waals surface area contributed by atoms with E-state index in [1.54, 1.807) is 30.3 Å². The fourth-order valence-corrected chi connectivity index (χ4v) is 5.19. The molecule has 2 aliphatic rings. The zero-order chi connectivity index (χ0) is 25.3. The molecule has 2 atom stereocenters. The van der Waals surface area contributed by atoms with E-state index in [1.807, 2.05) is 18.2 Å². The maximum atomic E-state index is 13.4. The van der Waals surface area contributed by atoms with Crippen LogP contribution < -0.4 is 10.1 Å². The molecule has 0 bridgehead atoms. The first-order valence-electron chi connectivity index (χ1n) is 12.0. The number of aryl methyl sites for hydroxylation is 1. The zero-order valence-electron chi connectivity index (χ0n) is 19.6. The van der Waals surface area contributed by atoms with Crippen LogP contribution in [0.4, 0.5) is 15.8 Å². The highest BCUT2D eigenvalue weighted by Gasteiger charge is 2.61. The molecular weight excluding hydrogens is 459 g/mol. The summed E-state index contributed by atoms with van der Waals surface area (Å²) in [4.78, 5) is 27.8. The third kappa shape index (κ3) is 4.55. The molecule has 1 amide bonds. The molecule has 0 radical (unpaired) electrons. The molecule has 1 aliphatic heterocycles. The molecule has 36 heavy (non-hydrogen) atoms. The van der Waals surface area contributed by atoms with E-state index in [0.717, 1.165) is 34.4 Å². The number of anilines is 1. The smallest absolute Gasteiger partial charge is 0.303 e. The van der Waals surface area contributed by atoms with Crippen molar-refractivity contribution in [3.05, 3.63) is 89.0 Å². The van der Waals surface area contributed by atoms with Crippen molar-refractivity contribution in [2.24, 2.45) is 5.92 Å². The fraction of sp³-hybridized carbons (Fsp3) is 0.276. The molecule has 6 nitrogen and oxygen atoms in total. The maximum absolute atomic E-state index is 13.4. The van der Waals surface area contributed by atoms with E-state index in [-0.39, 0.29) is 29.5 Å². The second kappa shape index (κ2) is 9.46. The second-order valence-corrected chi connectivity index (χ2v) is 9.42. The van der Waals surface area contributed by atoms with Crippen LogP contribution in [0.15, 0.2) is 60.7 Å². The quantitative estimate of drug-likeness (QED) is 0.396. The summed E-state index contributed by atoms with van der Waals surface area (Å²) in [5, 5.41) is 12.0. The molecule has 0 saturated heterocycles. The lowest BCUT2D eigenvalue weighted by Crippen LogP contribution is -2.27. The second-order valence-electron chi connectivity index (χ2n) is 9.42. The van der Waals surface area contributed by atoms with Crippen LogP contribution in [-0.2, 0) is 21.4 Å². The maximum Gasteiger partial charge on any atom is 0.303 e. The molecule has 7 heteroatoms. The number of fused-ring (bicyclic) bond motifs is 2. The molecule has 1 saturated carbocycles. The standard InChI is InChI=1S/C29H25FN2O4/c1-31-22-11-7-19(3-2-4-27(33)34)25(16-22)32-28(35)24-17-29(24)13-14-36-26-12-8-20(15-23(26)29)18-5-9-21(30)10-6-18/h5-12,15-16,24H,2-4,13-14,17H2,(H,32,35)(H,33,34)/t24-,29-/m0/s1. The molecular formula is C29H25FN2O4. The number of aliphatic carboxylic acids is 1. The number of benzene rings is 3. The number of hydrogen-bond acceptors (Lipinski definition) is 3. The van der Waals surface area contributed by atoms with Gasteiger partial charge in [0, 0.05) is 29.0 Å². The van der Waals surface area contributed by atoms with Gasteiger partial charge in [-0.2, -0.15) is 0 Å². The van der Waals surface area contributed by atoms with Gasteiger partial charge in [-0.05, 0) is 72.7 Å². The van der Waals surface area contributed by atoms with E-state index < -0.39 is 5.97 Å².